The van der Waals surface area contributed by atoms with Gasteiger partial charge in [0, 0.05) is 13.5 Å². The summed E-state index contributed by atoms with van der Waals surface area (Å²) in [5.41, 5.74) is 0. The molecule has 0 fully saturated rings. The van der Waals surface area contributed by atoms with Crippen molar-refractivity contribution in [1.82, 2.24) is 5.32 Å². The van der Waals surface area contributed by atoms with E-state index in [1.54, 1.807) is 0 Å². The van der Waals surface area contributed by atoms with Gasteiger partial charge in [0.25, 0.3) is 0 Å². The quantitative estimate of drug-likeness (QED) is 0.197. The molecule has 0 heterocycles. The van der Waals surface area contributed by atoms with Gasteiger partial charge in [0.05, 0.1) is 19.6 Å². The van der Waals surface area contributed by atoms with E-state index in [0.29, 0.717) is 52.2 Å². The van der Waals surface area contributed by atoms with Crippen molar-refractivity contribution < 1.29 is 33.0 Å². The molecule has 0 rings (SSSR count). The predicted molar refractivity (Wildman–Crippen MR) is 80.5 cm³/mol. The van der Waals surface area contributed by atoms with Gasteiger partial charge in [-0.1, -0.05) is 0 Å². The van der Waals surface area contributed by atoms with Gasteiger partial charge in [-0.25, -0.2) is 9.59 Å². The number of amides is 3. The summed E-state index contributed by atoms with van der Waals surface area (Å²) >= 11 is 0. The molecule has 0 aromatic heterocycles. The van der Waals surface area contributed by atoms with Crippen LogP contribution in [0.15, 0.2) is 0 Å². The molecule has 124 valence electrons. The second-order valence-corrected chi connectivity index (χ2v) is 4.52. The molecule has 0 aromatic rings. The number of likely N-dealkylation sites (N-methyl/N-ethyl adjacent to an activating group) is 1. The zero-order chi connectivity index (χ0) is 16.8. The zero-order valence-corrected chi connectivity index (χ0v) is 13.1. The minimum atomic E-state index is -0.190. The Kier molecular flexibility index (Phi) is 11.7. The lowest BCUT2D eigenvalue weighted by Gasteiger charge is -2.04. The highest BCUT2D eigenvalue weighted by molar-refractivity contribution is 5.76. The van der Waals surface area contributed by atoms with Crippen LogP contribution in [0.5, 0.6) is 0 Å². The van der Waals surface area contributed by atoms with Crippen LogP contribution in [-0.2, 0) is 23.9 Å². The van der Waals surface area contributed by atoms with Gasteiger partial charge in [-0.15, -0.1) is 0 Å². The van der Waals surface area contributed by atoms with E-state index in [1.165, 1.54) is 16.2 Å². The van der Waals surface area contributed by atoms with E-state index < -0.39 is 0 Å². The Bertz CT molecular complexity index is 409. The monoisotopic (exact) mass is 315 g/mol. The van der Waals surface area contributed by atoms with Gasteiger partial charge in [-0.05, 0) is 0 Å². The van der Waals surface area contributed by atoms with Gasteiger partial charge < -0.3 is 14.8 Å². The molecule has 0 spiro atoms. The van der Waals surface area contributed by atoms with Crippen LogP contribution in [0.1, 0.15) is 12.8 Å². The van der Waals surface area contributed by atoms with Gasteiger partial charge in [0.15, 0.2) is 13.1 Å². The molecule has 8 nitrogen and oxygen atoms in total. The molecular formula is C14H25N3O5+2. The van der Waals surface area contributed by atoms with Gasteiger partial charge in [0.2, 0.25) is 5.91 Å². The smallest absolute Gasteiger partial charge is 0.372 e. The van der Waals surface area contributed by atoms with Crippen molar-refractivity contribution in [3.8, 4) is 0 Å². The Morgan fingerprint density at radius 3 is 2.45 bits per heavy atom. The Balaban J connectivity index is 3.55. The number of nitrogens with one attached hydrogen (secondary N) is 1. The molecule has 0 unspecified atom stereocenters. The predicted octanol–water partition coefficient (Wildman–Crippen LogP) is -1.34. The third-order valence-corrected chi connectivity index (χ3v) is 2.73. The highest BCUT2D eigenvalue weighted by atomic mass is 16.5. The molecule has 0 saturated heterocycles. The molecule has 0 aromatic carbocycles. The van der Waals surface area contributed by atoms with Gasteiger partial charge in [-0.3, -0.25) is 4.79 Å². The molecule has 0 aliphatic heterocycles. The minimum absolute atomic E-state index is 0.00387. The second-order valence-electron chi connectivity index (χ2n) is 4.52. The average Bonchev–Trinajstić information content (AvgIpc) is 2.52. The third-order valence-electron chi connectivity index (χ3n) is 2.73. The number of carbonyl (C=O) groups excluding carboxylic acids is 3. The lowest BCUT2D eigenvalue weighted by molar-refractivity contribution is -0.448. The van der Waals surface area contributed by atoms with E-state index in [4.69, 9.17) is 9.47 Å². The van der Waals surface area contributed by atoms with Crippen LogP contribution < -0.4 is 5.32 Å². The standard InChI is InChI=1S/C14H24N3O5/c1-15-13(19)11-22-10-9-21-8-7-17(3)14(20)5-4-6-16(2)12-18/h12H,2-11H2,1H3/q+1/p+1. The summed E-state index contributed by atoms with van der Waals surface area (Å²) < 4.78 is 12.9. The summed E-state index contributed by atoms with van der Waals surface area (Å²) in [6.07, 6.45) is 1.46. The maximum absolute atomic E-state index is 11.7. The minimum Gasteiger partial charge on any atom is -0.372 e. The van der Waals surface area contributed by atoms with Crippen LogP contribution in [0.2, 0.25) is 0 Å². The number of hydrogen-bond acceptors (Lipinski definition) is 5. The molecule has 22 heavy (non-hydrogen) atoms. The zero-order valence-electron chi connectivity index (χ0n) is 13.1. The fourth-order valence-electron chi connectivity index (χ4n) is 1.40. The largest absolute Gasteiger partial charge is 0.386 e. The first-order chi connectivity index (χ1) is 10.5. The molecule has 0 saturated carbocycles. The van der Waals surface area contributed by atoms with E-state index in [1.807, 2.05) is 0 Å². The van der Waals surface area contributed by atoms with E-state index in [9.17, 15) is 14.4 Å². The van der Waals surface area contributed by atoms with Crippen LogP contribution >= 0.6 is 0 Å². The number of rotatable bonds is 13. The lowest BCUT2D eigenvalue weighted by atomic mass is 10.3. The van der Waals surface area contributed by atoms with E-state index in [-0.39, 0.29) is 18.4 Å². The van der Waals surface area contributed by atoms with Crippen LogP contribution in [-0.4, -0.2) is 87.4 Å². The van der Waals surface area contributed by atoms with Crippen LogP contribution in [0.25, 0.3) is 0 Å². The SMILES string of the molecule is C=[N+](C=O)CCCC(=O)[N+](=C)CCOCCOCC(=O)NC. The second kappa shape index (κ2) is 12.8. The van der Waals surface area contributed by atoms with Crippen molar-refractivity contribution in [3.05, 3.63) is 0 Å². The molecule has 0 aliphatic rings. The molecule has 1 N–H and O–H groups in total. The third kappa shape index (κ3) is 10.8. The van der Waals surface area contributed by atoms with Crippen molar-refractivity contribution in [2.24, 2.45) is 0 Å². The number of ether oxygens (including phenoxy) is 2. The molecule has 8 heteroatoms. The molecule has 0 aliphatic carbocycles. The first-order valence-corrected chi connectivity index (χ1v) is 7.00. The normalized spacial score (nSPS) is 10.0. The number of nitrogens with zero attached hydrogens (tertiary/aromatic N) is 2. The number of hydrogen-bond donors (Lipinski definition) is 1. The average molecular weight is 315 g/mol. The Hall–Kier alpha value is -1.93. The van der Waals surface area contributed by atoms with E-state index in [2.05, 4.69) is 18.8 Å². The van der Waals surface area contributed by atoms with Crippen molar-refractivity contribution in [2.45, 2.75) is 12.8 Å². The summed E-state index contributed by atoms with van der Waals surface area (Å²) in [5, 5.41) is 2.44. The Morgan fingerprint density at radius 1 is 1.14 bits per heavy atom. The maximum atomic E-state index is 11.7. The molecule has 0 bridgehead atoms. The van der Waals surface area contributed by atoms with E-state index in [0.717, 1.165) is 0 Å². The molecule has 3 amide bonds. The lowest BCUT2D eigenvalue weighted by Crippen LogP contribution is -2.25. The highest BCUT2D eigenvalue weighted by Gasteiger charge is 2.15. The summed E-state index contributed by atoms with van der Waals surface area (Å²) in [4.78, 5) is 32.9. The van der Waals surface area contributed by atoms with Crippen LogP contribution in [0.3, 0.4) is 0 Å². The summed E-state index contributed by atoms with van der Waals surface area (Å²) in [6, 6.07) is 0. The first kappa shape index (κ1) is 20.1. The van der Waals surface area contributed by atoms with Crippen LogP contribution in [0.4, 0.5) is 0 Å². The van der Waals surface area contributed by atoms with Gasteiger partial charge >= 0.3 is 12.3 Å². The molecular weight excluding hydrogens is 290 g/mol. The fraction of sp³-hybridized carbons (Fsp3) is 0.643. The van der Waals surface area contributed by atoms with E-state index >= 15 is 0 Å². The fourth-order valence-corrected chi connectivity index (χ4v) is 1.40. The van der Waals surface area contributed by atoms with Gasteiger partial charge in [0.1, 0.15) is 26.6 Å². The number of carbonyl (C=O) groups is 3. The van der Waals surface area contributed by atoms with Crippen LogP contribution in [0, 0.1) is 0 Å². The molecule has 0 radical (unpaired) electrons. The summed E-state index contributed by atoms with van der Waals surface area (Å²) in [7, 11) is 1.54. The molecule has 0 atom stereocenters. The van der Waals surface area contributed by atoms with Crippen molar-refractivity contribution in [3.63, 3.8) is 0 Å². The Morgan fingerprint density at radius 2 is 1.82 bits per heavy atom. The Labute approximate surface area is 130 Å². The topological polar surface area (TPSA) is 87.7 Å². The van der Waals surface area contributed by atoms with Crippen molar-refractivity contribution in [2.75, 3.05) is 46.6 Å². The van der Waals surface area contributed by atoms with Crippen molar-refractivity contribution in [1.29, 1.82) is 0 Å². The van der Waals surface area contributed by atoms with Gasteiger partial charge in [-0.2, -0.15) is 9.15 Å². The summed E-state index contributed by atoms with van der Waals surface area (Å²) in [6.45, 7) is 8.91. The highest BCUT2D eigenvalue weighted by Crippen LogP contribution is 1.92. The summed E-state index contributed by atoms with van der Waals surface area (Å²) in [5.74, 6) is -0.302. The maximum Gasteiger partial charge on any atom is 0.386 e. The van der Waals surface area contributed by atoms with Crippen molar-refractivity contribution >= 4 is 31.7 Å². The first-order valence-electron chi connectivity index (χ1n) is 7.00.